The molecule has 8 heteroatoms. The van der Waals surface area contributed by atoms with Gasteiger partial charge in [-0.05, 0) is 37.8 Å². The number of carboxylic acid groups (broad SMARTS) is 1. The topological polar surface area (TPSA) is 81.5 Å². The first-order valence-electron chi connectivity index (χ1n) is 8.35. The van der Waals surface area contributed by atoms with E-state index in [1.54, 1.807) is 0 Å². The molecule has 1 fully saturated rings. The molecule has 1 aliphatic carbocycles. The third-order valence-corrected chi connectivity index (χ3v) is 4.31. The average molecular weight is 381 g/mol. The van der Waals surface area contributed by atoms with Gasteiger partial charge in [-0.25, -0.2) is 9.37 Å². The molecule has 0 saturated heterocycles. The summed E-state index contributed by atoms with van der Waals surface area (Å²) in [5.41, 5.74) is 0.900. The van der Waals surface area contributed by atoms with Crippen molar-refractivity contribution in [3.05, 3.63) is 35.4 Å². The summed E-state index contributed by atoms with van der Waals surface area (Å²) >= 11 is 6.12. The number of aliphatic carboxylic acids is 1. The molecule has 1 aromatic carbocycles. The number of carbonyl (C=O) groups is 1. The Morgan fingerprint density at radius 3 is 2.81 bits per heavy atom. The maximum Gasteiger partial charge on any atom is 0.303 e. The summed E-state index contributed by atoms with van der Waals surface area (Å²) in [4.78, 5) is 18.9. The van der Waals surface area contributed by atoms with Crippen LogP contribution in [0, 0.1) is 5.82 Å². The second-order valence-corrected chi connectivity index (χ2v) is 6.44. The minimum atomic E-state index is -0.932. The van der Waals surface area contributed by atoms with Crippen LogP contribution in [-0.4, -0.2) is 33.8 Å². The van der Waals surface area contributed by atoms with Gasteiger partial charge in [-0.1, -0.05) is 11.6 Å². The van der Waals surface area contributed by atoms with E-state index in [0.717, 1.165) is 19.3 Å². The Labute approximate surface area is 154 Å². The van der Waals surface area contributed by atoms with E-state index < -0.39 is 11.8 Å². The van der Waals surface area contributed by atoms with Gasteiger partial charge >= 0.3 is 5.97 Å². The van der Waals surface area contributed by atoms with E-state index in [1.165, 1.54) is 24.5 Å². The average Bonchev–Trinajstić information content (AvgIpc) is 2.56. The van der Waals surface area contributed by atoms with Gasteiger partial charge in [-0.3, -0.25) is 9.78 Å². The molecule has 1 aromatic heterocycles. The fraction of sp³-hybridized carbons (Fsp3) is 0.389. The van der Waals surface area contributed by atoms with Crippen molar-refractivity contribution in [3.63, 3.8) is 0 Å². The van der Waals surface area contributed by atoms with Crippen LogP contribution in [-0.2, 0) is 4.79 Å². The zero-order valence-electron chi connectivity index (χ0n) is 14.0. The standard InChI is InChI=1S/C18H18ClFN2O4/c19-13-7-11(8-14(20)18(13)25-6-2-5-17(23)24)15-9-21-10-16(22-15)26-12-3-1-4-12/h7-10,12H,1-6H2,(H,23,24). The van der Waals surface area contributed by atoms with Crippen molar-refractivity contribution in [2.75, 3.05) is 6.61 Å². The first-order valence-corrected chi connectivity index (χ1v) is 8.73. The number of benzene rings is 1. The predicted octanol–water partition coefficient (Wildman–Crippen LogP) is 4.11. The highest BCUT2D eigenvalue weighted by Crippen LogP contribution is 2.33. The second kappa shape index (κ2) is 8.31. The first kappa shape index (κ1) is 18.4. The molecule has 6 nitrogen and oxygen atoms in total. The first-order chi connectivity index (χ1) is 12.5. The van der Waals surface area contributed by atoms with Crippen LogP contribution in [0.25, 0.3) is 11.3 Å². The molecule has 0 unspecified atom stereocenters. The summed E-state index contributed by atoms with van der Waals surface area (Å²) in [5.74, 6) is -1.28. The summed E-state index contributed by atoms with van der Waals surface area (Å²) in [7, 11) is 0. The van der Waals surface area contributed by atoms with Gasteiger partial charge in [0.1, 0.15) is 6.10 Å². The Morgan fingerprint density at radius 2 is 2.15 bits per heavy atom. The Bertz CT molecular complexity index is 776. The highest BCUT2D eigenvalue weighted by atomic mass is 35.5. The quantitative estimate of drug-likeness (QED) is 0.694. The highest BCUT2D eigenvalue weighted by Gasteiger charge is 2.20. The molecule has 1 heterocycles. The number of halogens is 2. The van der Waals surface area contributed by atoms with Crippen LogP contribution in [0.1, 0.15) is 32.1 Å². The highest BCUT2D eigenvalue weighted by molar-refractivity contribution is 6.32. The molecule has 1 N–H and O–H groups in total. The maximum atomic E-state index is 14.4. The van der Waals surface area contributed by atoms with E-state index in [-0.39, 0.29) is 36.3 Å². The van der Waals surface area contributed by atoms with Crippen molar-refractivity contribution < 1.29 is 23.8 Å². The Balaban J connectivity index is 1.72. The van der Waals surface area contributed by atoms with E-state index in [1.807, 2.05) is 0 Å². The minimum absolute atomic E-state index is 0.0549. The molecule has 0 spiro atoms. The molecule has 2 aromatic rings. The fourth-order valence-electron chi connectivity index (χ4n) is 2.45. The SMILES string of the molecule is O=C(O)CCCOc1c(F)cc(-c2cncc(OC3CCC3)n2)cc1Cl. The van der Waals surface area contributed by atoms with Gasteiger partial charge in [0.15, 0.2) is 11.6 Å². The molecule has 138 valence electrons. The van der Waals surface area contributed by atoms with Crippen LogP contribution >= 0.6 is 11.6 Å². The zero-order valence-corrected chi connectivity index (χ0v) is 14.7. The molecular weight excluding hydrogens is 363 g/mol. The minimum Gasteiger partial charge on any atom is -0.489 e. The lowest BCUT2D eigenvalue weighted by atomic mass is 9.96. The molecule has 0 amide bonds. The Hall–Kier alpha value is -2.41. The molecule has 1 saturated carbocycles. The Kier molecular flexibility index (Phi) is 5.88. The van der Waals surface area contributed by atoms with Gasteiger partial charge in [0.2, 0.25) is 5.88 Å². The number of nitrogens with zero attached hydrogens (tertiary/aromatic N) is 2. The Morgan fingerprint density at radius 1 is 1.35 bits per heavy atom. The van der Waals surface area contributed by atoms with Gasteiger partial charge in [0.05, 0.1) is 29.7 Å². The summed E-state index contributed by atoms with van der Waals surface area (Å²) in [6, 6.07) is 2.80. The van der Waals surface area contributed by atoms with E-state index in [0.29, 0.717) is 17.1 Å². The van der Waals surface area contributed by atoms with Crippen molar-refractivity contribution in [1.29, 1.82) is 0 Å². The summed E-state index contributed by atoms with van der Waals surface area (Å²) in [6.07, 6.45) is 6.56. The van der Waals surface area contributed by atoms with Crippen LogP contribution in [0.4, 0.5) is 4.39 Å². The number of hydrogen-bond acceptors (Lipinski definition) is 5. The van der Waals surface area contributed by atoms with Gasteiger partial charge in [-0.15, -0.1) is 0 Å². The van der Waals surface area contributed by atoms with E-state index in [4.69, 9.17) is 26.2 Å². The van der Waals surface area contributed by atoms with Crippen molar-refractivity contribution in [3.8, 4) is 22.9 Å². The molecular formula is C18H18ClFN2O4. The van der Waals surface area contributed by atoms with Crippen molar-refractivity contribution >= 4 is 17.6 Å². The normalized spacial score (nSPS) is 13.9. The largest absolute Gasteiger partial charge is 0.489 e. The third-order valence-electron chi connectivity index (χ3n) is 4.03. The van der Waals surface area contributed by atoms with Crippen molar-refractivity contribution in [2.45, 2.75) is 38.2 Å². The maximum absolute atomic E-state index is 14.4. The lowest BCUT2D eigenvalue weighted by molar-refractivity contribution is -0.137. The zero-order chi connectivity index (χ0) is 18.5. The van der Waals surface area contributed by atoms with Gasteiger partial charge < -0.3 is 14.6 Å². The number of rotatable bonds is 8. The number of ether oxygens (including phenoxy) is 2. The summed E-state index contributed by atoms with van der Waals surface area (Å²) in [6.45, 7) is 0.0623. The van der Waals surface area contributed by atoms with Crippen molar-refractivity contribution in [2.24, 2.45) is 0 Å². The lowest BCUT2D eigenvalue weighted by Gasteiger charge is -2.25. The molecule has 0 radical (unpaired) electrons. The fourth-order valence-corrected chi connectivity index (χ4v) is 2.71. The lowest BCUT2D eigenvalue weighted by Crippen LogP contribution is -2.25. The predicted molar refractivity (Wildman–Crippen MR) is 93.1 cm³/mol. The number of hydrogen-bond donors (Lipinski definition) is 1. The van der Waals surface area contributed by atoms with Gasteiger partial charge in [-0.2, -0.15) is 0 Å². The molecule has 0 bridgehead atoms. The van der Waals surface area contributed by atoms with E-state index >= 15 is 0 Å². The van der Waals surface area contributed by atoms with Gasteiger partial charge in [0.25, 0.3) is 0 Å². The van der Waals surface area contributed by atoms with E-state index in [9.17, 15) is 9.18 Å². The van der Waals surface area contributed by atoms with Crippen LogP contribution in [0.5, 0.6) is 11.6 Å². The molecule has 1 aliphatic rings. The number of carboxylic acids is 1. The molecule has 3 rings (SSSR count). The van der Waals surface area contributed by atoms with Crippen LogP contribution in [0.2, 0.25) is 5.02 Å². The molecule has 0 aliphatic heterocycles. The smallest absolute Gasteiger partial charge is 0.303 e. The summed E-state index contributed by atoms with van der Waals surface area (Å²) < 4.78 is 25.3. The van der Waals surface area contributed by atoms with E-state index in [2.05, 4.69) is 9.97 Å². The third kappa shape index (κ3) is 4.60. The number of aromatic nitrogens is 2. The van der Waals surface area contributed by atoms with Crippen LogP contribution in [0.3, 0.4) is 0 Å². The summed E-state index contributed by atoms with van der Waals surface area (Å²) in [5, 5.41) is 8.69. The second-order valence-electron chi connectivity index (χ2n) is 6.03. The van der Waals surface area contributed by atoms with Gasteiger partial charge in [0, 0.05) is 12.0 Å². The molecule has 26 heavy (non-hydrogen) atoms. The monoisotopic (exact) mass is 380 g/mol. The van der Waals surface area contributed by atoms with Crippen molar-refractivity contribution in [1.82, 2.24) is 9.97 Å². The molecule has 0 atom stereocenters. The van der Waals surface area contributed by atoms with Crippen LogP contribution in [0.15, 0.2) is 24.5 Å². The van der Waals surface area contributed by atoms with Crippen LogP contribution < -0.4 is 9.47 Å².